The molecular formula is C18H22ClN3O3S. The van der Waals surface area contributed by atoms with E-state index >= 15 is 0 Å². The van der Waals surface area contributed by atoms with E-state index < -0.39 is 10.0 Å². The Hall–Kier alpha value is -1.83. The minimum absolute atomic E-state index is 0.201. The zero-order valence-corrected chi connectivity index (χ0v) is 16.6. The summed E-state index contributed by atoms with van der Waals surface area (Å²) in [5.41, 5.74) is 2.51. The number of carbonyl (C=O) groups excluding carboxylic acids is 1. The molecule has 1 aliphatic rings. The fraction of sp³-hybridized carbons (Fsp3) is 0.389. The third-order valence-electron chi connectivity index (χ3n) is 4.77. The van der Waals surface area contributed by atoms with Crippen LogP contribution in [-0.2, 0) is 10.0 Å². The first-order chi connectivity index (χ1) is 12.2. The van der Waals surface area contributed by atoms with Gasteiger partial charge in [0.15, 0.2) is 0 Å². The number of nitrogens with one attached hydrogen (secondary N) is 2. The Kier molecular flexibility index (Phi) is 5.14. The molecule has 8 heteroatoms. The van der Waals surface area contributed by atoms with Gasteiger partial charge in [-0.2, -0.15) is 4.31 Å². The second kappa shape index (κ2) is 7.06. The zero-order valence-electron chi connectivity index (χ0n) is 15.0. The maximum atomic E-state index is 12.9. The van der Waals surface area contributed by atoms with Crippen LogP contribution in [0.2, 0.25) is 5.02 Å². The number of aryl methyl sites for hydroxylation is 1. The first-order valence-corrected chi connectivity index (χ1v) is 10.3. The number of hydrogen-bond donors (Lipinski definition) is 2. The molecule has 140 valence electrons. The van der Waals surface area contributed by atoms with Crippen molar-refractivity contribution in [3.63, 3.8) is 0 Å². The molecule has 0 saturated carbocycles. The number of aromatic nitrogens is 1. The van der Waals surface area contributed by atoms with Gasteiger partial charge in [-0.05, 0) is 56.9 Å². The number of H-pyrrole nitrogens is 1. The van der Waals surface area contributed by atoms with Crippen LogP contribution in [0.1, 0.15) is 40.2 Å². The van der Waals surface area contributed by atoms with Crippen LogP contribution in [0.4, 0.5) is 5.69 Å². The third-order valence-corrected chi connectivity index (χ3v) is 7.36. The van der Waals surface area contributed by atoms with Gasteiger partial charge in [-0.1, -0.05) is 17.7 Å². The Morgan fingerprint density at radius 3 is 2.46 bits per heavy atom. The molecule has 0 atom stereocenters. The molecule has 0 aliphatic carbocycles. The third kappa shape index (κ3) is 3.26. The number of aromatic amines is 1. The molecule has 1 aromatic carbocycles. The molecule has 2 heterocycles. The number of benzene rings is 1. The van der Waals surface area contributed by atoms with E-state index in [2.05, 4.69) is 10.3 Å². The van der Waals surface area contributed by atoms with E-state index in [0.29, 0.717) is 35.1 Å². The number of rotatable bonds is 4. The second-order valence-corrected chi connectivity index (χ2v) is 8.84. The van der Waals surface area contributed by atoms with E-state index in [1.165, 1.54) is 4.31 Å². The summed E-state index contributed by atoms with van der Waals surface area (Å²) in [5, 5.41) is 3.36. The van der Waals surface area contributed by atoms with Crippen molar-refractivity contribution in [1.82, 2.24) is 9.29 Å². The Balaban J connectivity index is 1.95. The smallest absolute Gasteiger partial charge is 0.272 e. The number of halogens is 1. The fourth-order valence-electron chi connectivity index (χ4n) is 3.33. The minimum atomic E-state index is -3.60. The molecule has 0 spiro atoms. The van der Waals surface area contributed by atoms with Gasteiger partial charge in [0.25, 0.3) is 5.91 Å². The highest BCUT2D eigenvalue weighted by molar-refractivity contribution is 7.89. The van der Waals surface area contributed by atoms with Crippen LogP contribution in [0.3, 0.4) is 0 Å². The Morgan fingerprint density at radius 1 is 1.15 bits per heavy atom. The molecule has 6 nitrogen and oxygen atoms in total. The normalized spacial score (nSPS) is 15.4. The van der Waals surface area contributed by atoms with Crippen molar-refractivity contribution in [2.45, 2.75) is 38.5 Å². The van der Waals surface area contributed by atoms with Gasteiger partial charge in [-0.25, -0.2) is 8.42 Å². The first-order valence-electron chi connectivity index (χ1n) is 8.49. The summed E-state index contributed by atoms with van der Waals surface area (Å²) in [6.45, 7) is 6.20. The van der Waals surface area contributed by atoms with Gasteiger partial charge >= 0.3 is 0 Å². The monoisotopic (exact) mass is 395 g/mol. The summed E-state index contributed by atoms with van der Waals surface area (Å²) >= 11 is 6.09. The van der Waals surface area contributed by atoms with E-state index in [4.69, 9.17) is 11.6 Å². The van der Waals surface area contributed by atoms with Crippen LogP contribution in [-0.4, -0.2) is 36.7 Å². The Morgan fingerprint density at radius 2 is 1.81 bits per heavy atom. The van der Waals surface area contributed by atoms with E-state index in [0.717, 1.165) is 18.4 Å². The standard InChI is InChI=1S/C18H22ClN3O3S/c1-11-14(19)7-6-8-15(11)21-18(23)16-12(2)17(13(3)20-16)26(24,25)22-9-4-5-10-22/h6-8,20H,4-5,9-10H2,1-3H3,(H,21,23). The molecule has 3 rings (SSSR count). The molecule has 1 saturated heterocycles. The number of carbonyl (C=O) groups is 1. The average molecular weight is 396 g/mol. The molecule has 2 aromatic rings. The van der Waals surface area contributed by atoms with Gasteiger partial charge in [0.1, 0.15) is 10.6 Å². The van der Waals surface area contributed by atoms with E-state index in [9.17, 15) is 13.2 Å². The summed E-state index contributed by atoms with van der Waals surface area (Å²) in [6, 6.07) is 5.25. The van der Waals surface area contributed by atoms with Crippen LogP contribution in [0, 0.1) is 20.8 Å². The van der Waals surface area contributed by atoms with E-state index in [-0.39, 0.29) is 16.5 Å². The molecule has 0 radical (unpaired) electrons. The predicted molar refractivity (Wildman–Crippen MR) is 102 cm³/mol. The summed E-state index contributed by atoms with van der Waals surface area (Å²) in [4.78, 5) is 15.9. The van der Waals surface area contributed by atoms with Crippen molar-refractivity contribution in [3.05, 3.63) is 45.7 Å². The van der Waals surface area contributed by atoms with Crippen molar-refractivity contribution in [2.75, 3.05) is 18.4 Å². The lowest BCUT2D eigenvalue weighted by molar-refractivity contribution is 0.102. The van der Waals surface area contributed by atoms with Crippen molar-refractivity contribution < 1.29 is 13.2 Å². The average Bonchev–Trinajstić information content (AvgIpc) is 3.20. The highest BCUT2D eigenvalue weighted by Crippen LogP contribution is 2.29. The van der Waals surface area contributed by atoms with Crippen molar-refractivity contribution in [3.8, 4) is 0 Å². The van der Waals surface area contributed by atoms with E-state index in [1.807, 2.05) is 6.92 Å². The summed E-state index contributed by atoms with van der Waals surface area (Å²) in [6.07, 6.45) is 1.73. The molecular weight excluding hydrogens is 374 g/mol. The number of amides is 1. The molecule has 1 aliphatic heterocycles. The molecule has 1 fully saturated rings. The van der Waals surface area contributed by atoms with Crippen LogP contribution in [0.5, 0.6) is 0 Å². The number of anilines is 1. The Bertz CT molecular complexity index is 960. The number of sulfonamides is 1. The van der Waals surface area contributed by atoms with Crippen LogP contribution in [0.25, 0.3) is 0 Å². The van der Waals surface area contributed by atoms with Crippen molar-refractivity contribution >= 4 is 33.2 Å². The summed E-state index contributed by atoms with van der Waals surface area (Å²) in [7, 11) is -3.60. The van der Waals surface area contributed by atoms with Crippen molar-refractivity contribution in [2.24, 2.45) is 0 Å². The Labute approximate surface area is 158 Å². The summed E-state index contributed by atoms with van der Waals surface area (Å²) in [5.74, 6) is -0.390. The highest BCUT2D eigenvalue weighted by atomic mass is 35.5. The molecule has 1 aromatic heterocycles. The van der Waals surface area contributed by atoms with Crippen molar-refractivity contribution in [1.29, 1.82) is 0 Å². The molecule has 26 heavy (non-hydrogen) atoms. The number of nitrogens with zero attached hydrogens (tertiary/aromatic N) is 1. The SMILES string of the molecule is Cc1[nH]c(C(=O)Nc2cccc(Cl)c2C)c(C)c1S(=O)(=O)N1CCCC1. The first kappa shape index (κ1) is 18.9. The topological polar surface area (TPSA) is 82.3 Å². The fourth-order valence-corrected chi connectivity index (χ4v) is 5.43. The van der Waals surface area contributed by atoms with Gasteiger partial charge in [-0.3, -0.25) is 4.79 Å². The molecule has 0 unspecified atom stereocenters. The lowest BCUT2D eigenvalue weighted by atomic mass is 10.2. The number of hydrogen-bond acceptors (Lipinski definition) is 3. The lowest BCUT2D eigenvalue weighted by Gasteiger charge is -2.16. The van der Waals surface area contributed by atoms with Crippen LogP contribution >= 0.6 is 11.6 Å². The second-order valence-electron chi connectivity index (χ2n) is 6.56. The molecule has 1 amide bonds. The predicted octanol–water partition coefficient (Wildman–Crippen LogP) is 3.63. The highest BCUT2D eigenvalue weighted by Gasteiger charge is 2.33. The molecule has 0 bridgehead atoms. The van der Waals surface area contributed by atoms with Gasteiger partial charge in [0.05, 0.1) is 0 Å². The van der Waals surface area contributed by atoms with E-state index in [1.54, 1.807) is 32.0 Å². The van der Waals surface area contributed by atoms with Gasteiger partial charge in [0.2, 0.25) is 10.0 Å². The minimum Gasteiger partial charge on any atom is -0.353 e. The zero-order chi connectivity index (χ0) is 19.1. The largest absolute Gasteiger partial charge is 0.353 e. The lowest BCUT2D eigenvalue weighted by Crippen LogP contribution is -2.28. The van der Waals surface area contributed by atoms with Crippen LogP contribution in [0.15, 0.2) is 23.1 Å². The maximum absolute atomic E-state index is 12.9. The maximum Gasteiger partial charge on any atom is 0.272 e. The van der Waals surface area contributed by atoms with Gasteiger partial charge in [-0.15, -0.1) is 0 Å². The molecule has 2 N–H and O–H groups in total. The van der Waals surface area contributed by atoms with Gasteiger partial charge in [0, 0.05) is 29.5 Å². The summed E-state index contributed by atoms with van der Waals surface area (Å²) < 4.78 is 27.3. The van der Waals surface area contributed by atoms with Gasteiger partial charge < -0.3 is 10.3 Å². The van der Waals surface area contributed by atoms with Crippen LogP contribution < -0.4 is 5.32 Å². The quantitative estimate of drug-likeness (QED) is 0.829.